The summed E-state index contributed by atoms with van der Waals surface area (Å²) in [6.45, 7) is 5.62. The molecule has 0 unspecified atom stereocenters. The lowest BCUT2D eigenvalue weighted by Crippen LogP contribution is -2.48. The van der Waals surface area contributed by atoms with E-state index in [1.165, 1.54) is 0 Å². The van der Waals surface area contributed by atoms with Crippen molar-refractivity contribution in [2.75, 3.05) is 18.0 Å². The highest BCUT2D eigenvalue weighted by Crippen LogP contribution is 2.31. The van der Waals surface area contributed by atoms with E-state index in [1.54, 1.807) is 0 Å². The Labute approximate surface area is 163 Å². The summed E-state index contributed by atoms with van der Waals surface area (Å²) in [6.07, 6.45) is 5.66. The predicted octanol–water partition coefficient (Wildman–Crippen LogP) is 3.88. The molecule has 0 bridgehead atoms. The molecule has 28 heavy (non-hydrogen) atoms. The van der Waals surface area contributed by atoms with E-state index in [0.29, 0.717) is 11.8 Å². The largest absolute Gasteiger partial charge is 0.507 e. The molecule has 0 amide bonds. The molecule has 0 saturated carbocycles. The van der Waals surface area contributed by atoms with Gasteiger partial charge in [-0.3, -0.25) is 9.67 Å². The van der Waals surface area contributed by atoms with Crippen molar-refractivity contribution in [1.82, 2.24) is 19.7 Å². The van der Waals surface area contributed by atoms with Crippen LogP contribution in [0, 0.1) is 13.8 Å². The van der Waals surface area contributed by atoms with Crippen LogP contribution in [0.3, 0.4) is 0 Å². The first-order valence-electron chi connectivity index (χ1n) is 9.40. The fourth-order valence-electron chi connectivity index (χ4n) is 3.76. The van der Waals surface area contributed by atoms with Crippen molar-refractivity contribution in [3.8, 4) is 16.9 Å². The van der Waals surface area contributed by atoms with Gasteiger partial charge in [0.2, 0.25) is 0 Å². The quantitative estimate of drug-likeness (QED) is 0.592. The van der Waals surface area contributed by atoms with Crippen LogP contribution in [0.5, 0.6) is 5.75 Å². The summed E-state index contributed by atoms with van der Waals surface area (Å²) in [7, 11) is 0. The molecule has 1 saturated heterocycles. The van der Waals surface area contributed by atoms with Crippen LogP contribution in [0.2, 0.25) is 0 Å². The van der Waals surface area contributed by atoms with Crippen LogP contribution in [-0.4, -0.2) is 37.9 Å². The Kier molecular flexibility index (Phi) is 3.79. The molecule has 2 aromatic heterocycles. The average molecular weight is 371 g/mol. The lowest BCUT2D eigenvalue weighted by atomic mass is 9.99. The number of hydrogen-bond acceptors (Lipinski definition) is 5. The molecule has 1 aliphatic heterocycles. The van der Waals surface area contributed by atoms with Crippen molar-refractivity contribution in [2.45, 2.75) is 19.9 Å². The van der Waals surface area contributed by atoms with Gasteiger partial charge in [0.1, 0.15) is 11.6 Å². The van der Waals surface area contributed by atoms with E-state index in [2.05, 4.69) is 27.1 Å². The molecule has 3 heterocycles. The van der Waals surface area contributed by atoms with Gasteiger partial charge in [0.25, 0.3) is 0 Å². The highest BCUT2D eigenvalue weighted by molar-refractivity contribution is 5.82. The number of aromatic hydroxyl groups is 1. The zero-order valence-electron chi connectivity index (χ0n) is 15.9. The van der Waals surface area contributed by atoms with Crippen molar-refractivity contribution in [1.29, 1.82) is 0 Å². The van der Waals surface area contributed by atoms with Gasteiger partial charge in [0, 0.05) is 25.5 Å². The molecule has 140 valence electrons. The molecule has 0 atom stereocenters. The number of hydrogen-bond donors (Lipinski definition) is 1. The zero-order chi connectivity index (χ0) is 19.3. The smallest absolute Gasteiger partial charge is 0.147 e. The van der Waals surface area contributed by atoms with Crippen molar-refractivity contribution < 1.29 is 5.11 Å². The number of nitrogens with zero attached hydrogens (tertiary/aromatic N) is 5. The lowest BCUT2D eigenvalue weighted by Gasteiger charge is -2.39. The van der Waals surface area contributed by atoms with Gasteiger partial charge in [-0.05, 0) is 66.4 Å². The molecular weight excluding hydrogens is 350 g/mol. The number of aryl methyl sites for hydroxylation is 2. The van der Waals surface area contributed by atoms with E-state index in [4.69, 9.17) is 4.98 Å². The van der Waals surface area contributed by atoms with Gasteiger partial charge in [-0.2, -0.15) is 5.10 Å². The Hall–Kier alpha value is -3.41. The summed E-state index contributed by atoms with van der Waals surface area (Å²) in [5.74, 6) is 1.25. The Morgan fingerprint density at radius 2 is 1.79 bits per heavy atom. The number of rotatable bonds is 3. The standard InChI is InChI=1S/C22H21N5O/c1-14-8-17(9-15(2)22(14)28)16-4-5-19-20(10-16)25-21(11-23-19)26-12-18(13-26)27-7-3-6-24-27/h3-11,18,28H,12-13H2,1-2H3. The maximum Gasteiger partial charge on any atom is 0.147 e. The molecule has 2 aromatic carbocycles. The monoisotopic (exact) mass is 371 g/mol. The molecule has 1 aliphatic rings. The molecule has 5 rings (SSSR count). The lowest BCUT2D eigenvalue weighted by molar-refractivity contribution is 0.366. The minimum atomic E-state index is 0.358. The van der Waals surface area contributed by atoms with Crippen molar-refractivity contribution >= 4 is 16.9 Å². The third-order valence-electron chi connectivity index (χ3n) is 5.44. The fraction of sp³-hybridized carbons (Fsp3) is 0.227. The predicted molar refractivity (Wildman–Crippen MR) is 110 cm³/mol. The minimum absolute atomic E-state index is 0.358. The minimum Gasteiger partial charge on any atom is -0.507 e. The summed E-state index contributed by atoms with van der Waals surface area (Å²) in [6, 6.07) is 12.5. The molecule has 0 aliphatic carbocycles. The zero-order valence-corrected chi connectivity index (χ0v) is 15.9. The molecule has 4 aromatic rings. The molecule has 0 radical (unpaired) electrons. The fourth-order valence-corrected chi connectivity index (χ4v) is 3.76. The second-order valence-electron chi connectivity index (χ2n) is 7.44. The molecule has 1 N–H and O–H groups in total. The van der Waals surface area contributed by atoms with Gasteiger partial charge in [0.05, 0.1) is 23.3 Å². The van der Waals surface area contributed by atoms with Crippen LogP contribution in [-0.2, 0) is 0 Å². The number of anilines is 1. The summed E-state index contributed by atoms with van der Waals surface area (Å²) in [4.78, 5) is 11.7. The number of phenols is 1. The first kappa shape index (κ1) is 16.7. The molecular formula is C22H21N5O. The third kappa shape index (κ3) is 2.78. The van der Waals surface area contributed by atoms with Gasteiger partial charge in [-0.1, -0.05) is 6.07 Å². The average Bonchev–Trinajstić information content (AvgIpc) is 3.18. The molecule has 6 heteroatoms. The third-order valence-corrected chi connectivity index (χ3v) is 5.44. The highest BCUT2D eigenvalue weighted by atomic mass is 16.3. The first-order valence-corrected chi connectivity index (χ1v) is 9.40. The maximum atomic E-state index is 10.0. The van der Waals surface area contributed by atoms with E-state index in [9.17, 15) is 5.11 Å². The second kappa shape index (κ2) is 6.34. The topological polar surface area (TPSA) is 67.1 Å². The summed E-state index contributed by atoms with van der Waals surface area (Å²) < 4.78 is 2.00. The molecule has 6 nitrogen and oxygen atoms in total. The number of benzene rings is 2. The van der Waals surface area contributed by atoms with Crippen LogP contribution in [0.1, 0.15) is 17.2 Å². The van der Waals surface area contributed by atoms with E-state index in [-0.39, 0.29) is 0 Å². The second-order valence-corrected chi connectivity index (χ2v) is 7.44. The number of fused-ring (bicyclic) bond motifs is 1. The summed E-state index contributed by atoms with van der Waals surface area (Å²) >= 11 is 0. The van der Waals surface area contributed by atoms with E-state index in [0.717, 1.165) is 52.2 Å². The normalized spacial score (nSPS) is 14.4. The van der Waals surface area contributed by atoms with Crippen LogP contribution in [0.25, 0.3) is 22.2 Å². The van der Waals surface area contributed by atoms with Gasteiger partial charge in [-0.25, -0.2) is 4.98 Å². The Morgan fingerprint density at radius 1 is 1.00 bits per heavy atom. The van der Waals surface area contributed by atoms with Gasteiger partial charge >= 0.3 is 0 Å². The first-order chi connectivity index (χ1) is 13.6. The Morgan fingerprint density at radius 3 is 2.50 bits per heavy atom. The Balaban J connectivity index is 1.45. The van der Waals surface area contributed by atoms with E-state index < -0.39 is 0 Å². The Bertz CT molecular complexity index is 1140. The highest BCUT2D eigenvalue weighted by Gasteiger charge is 2.29. The number of phenolic OH excluding ortho intramolecular Hbond substituents is 1. The number of aromatic nitrogens is 4. The summed E-state index contributed by atoms with van der Waals surface area (Å²) in [5, 5.41) is 14.4. The van der Waals surface area contributed by atoms with Gasteiger partial charge < -0.3 is 10.0 Å². The van der Waals surface area contributed by atoms with Crippen LogP contribution < -0.4 is 4.90 Å². The van der Waals surface area contributed by atoms with Crippen LogP contribution >= 0.6 is 0 Å². The van der Waals surface area contributed by atoms with Crippen molar-refractivity contribution in [2.24, 2.45) is 0 Å². The molecule has 1 fully saturated rings. The van der Waals surface area contributed by atoms with Crippen LogP contribution in [0.4, 0.5) is 5.82 Å². The van der Waals surface area contributed by atoms with Crippen molar-refractivity contribution in [3.05, 3.63) is 66.1 Å². The summed E-state index contributed by atoms with van der Waals surface area (Å²) in [5.41, 5.74) is 5.65. The maximum absolute atomic E-state index is 10.0. The van der Waals surface area contributed by atoms with Crippen LogP contribution in [0.15, 0.2) is 55.0 Å². The van der Waals surface area contributed by atoms with E-state index in [1.807, 2.05) is 61.4 Å². The molecule has 0 spiro atoms. The SMILES string of the molecule is Cc1cc(-c2ccc3ncc(N4CC(n5cccn5)C4)nc3c2)cc(C)c1O. The van der Waals surface area contributed by atoms with Gasteiger partial charge in [-0.15, -0.1) is 0 Å². The van der Waals surface area contributed by atoms with E-state index >= 15 is 0 Å². The van der Waals surface area contributed by atoms with Gasteiger partial charge in [0.15, 0.2) is 0 Å². The van der Waals surface area contributed by atoms with Crippen molar-refractivity contribution in [3.63, 3.8) is 0 Å².